The lowest BCUT2D eigenvalue weighted by atomic mass is 9.90. The third-order valence-corrected chi connectivity index (χ3v) is 5.63. The van der Waals surface area contributed by atoms with E-state index < -0.39 is 17.8 Å². The minimum Gasteiger partial charge on any atom is -0.481 e. The Hall–Kier alpha value is -2.96. The van der Waals surface area contributed by atoms with Gasteiger partial charge < -0.3 is 15.0 Å². The van der Waals surface area contributed by atoms with Crippen LogP contribution in [0.4, 0.5) is 0 Å². The molecule has 140 valence electrons. The van der Waals surface area contributed by atoms with Crippen LogP contribution in [0.3, 0.4) is 0 Å². The van der Waals surface area contributed by atoms with Gasteiger partial charge in [0.1, 0.15) is 5.56 Å². The molecule has 4 rings (SSSR count). The summed E-state index contributed by atoms with van der Waals surface area (Å²) in [6, 6.07) is 5.26. The van der Waals surface area contributed by atoms with Crippen LogP contribution in [0.2, 0.25) is 0 Å². The molecule has 3 heterocycles. The number of carbonyl (C=O) groups is 2. The molecule has 0 aromatic carbocycles. The first-order valence-corrected chi connectivity index (χ1v) is 9.21. The molecule has 1 aliphatic carbocycles. The number of hydrogen-bond acceptors (Lipinski definition) is 4. The Morgan fingerprint density at radius 3 is 2.63 bits per heavy atom. The zero-order chi connectivity index (χ0) is 19.0. The molecule has 0 radical (unpaired) electrons. The monoisotopic (exact) mass is 367 g/mol. The standard InChI is InChI=1S/C20H21N3O4/c24-18-14(9-13-3-1-2-4-17(13)22-18)19(25)23-10-15(16(11-23)20(26)27)12-5-7-21-8-6-12/h5-9,15-16H,1-4,10-11H2,(H,22,24)(H,26,27)/t15-,16+/m0/s1. The number of amides is 1. The molecule has 2 N–H and O–H groups in total. The highest BCUT2D eigenvalue weighted by Gasteiger charge is 2.41. The van der Waals surface area contributed by atoms with E-state index in [2.05, 4.69) is 9.97 Å². The number of aliphatic carboxylic acids is 1. The number of rotatable bonds is 3. The van der Waals surface area contributed by atoms with Crippen molar-refractivity contribution in [2.45, 2.75) is 31.6 Å². The summed E-state index contributed by atoms with van der Waals surface area (Å²) in [6.07, 6.45) is 7.00. The van der Waals surface area contributed by atoms with E-state index in [0.29, 0.717) is 0 Å². The minimum absolute atomic E-state index is 0.0949. The largest absolute Gasteiger partial charge is 0.481 e. The molecule has 2 aromatic heterocycles. The van der Waals surface area contributed by atoms with Gasteiger partial charge in [0.05, 0.1) is 5.92 Å². The van der Waals surface area contributed by atoms with Gasteiger partial charge in [-0.1, -0.05) is 0 Å². The number of likely N-dealkylation sites (tertiary alicyclic amines) is 1. The van der Waals surface area contributed by atoms with Gasteiger partial charge in [0.2, 0.25) is 0 Å². The van der Waals surface area contributed by atoms with Crippen molar-refractivity contribution in [3.05, 3.63) is 63.3 Å². The molecule has 2 aliphatic rings. The summed E-state index contributed by atoms with van der Waals surface area (Å²) in [5.41, 5.74) is 2.49. The van der Waals surface area contributed by atoms with Crippen LogP contribution in [0.15, 0.2) is 35.4 Å². The van der Waals surface area contributed by atoms with Gasteiger partial charge in [-0.05, 0) is 55.0 Å². The quantitative estimate of drug-likeness (QED) is 0.857. The fraction of sp³-hybridized carbons (Fsp3) is 0.400. The molecule has 1 saturated heterocycles. The summed E-state index contributed by atoms with van der Waals surface area (Å²) < 4.78 is 0. The smallest absolute Gasteiger partial charge is 0.308 e. The lowest BCUT2D eigenvalue weighted by Gasteiger charge is -2.19. The van der Waals surface area contributed by atoms with Crippen LogP contribution in [0, 0.1) is 5.92 Å². The molecule has 7 nitrogen and oxygen atoms in total. The Kier molecular flexibility index (Phi) is 4.51. The van der Waals surface area contributed by atoms with Crippen molar-refractivity contribution in [3.8, 4) is 0 Å². The lowest BCUT2D eigenvalue weighted by molar-refractivity contribution is -0.141. The number of fused-ring (bicyclic) bond motifs is 1. The van der Waals surface area contributed by atoms with E-state index in [1.165, 1.54) is 4.90 Å². The Balaban J connectivity index is 1.63. The molecule has 1 amide bonds. The maximum atomic E-state index is 13.0. The maximum absolute atomic E-state index is 13.0. The molecule has 0 saturated carbocycles. The van der Waals surface area contributed by atoms with Crippen LogP contribution in [-0.4, -0.2) is 44.9 Å². The molecule has 1 fully saturated rings. The van der Waals surface area contributed by atoms with E-state index >= 15 is 0 Å². The Morgan fingerprint density at radius 2 is 1.89 bits per heavy atom. The van der Waals surface area contributed by atoms with Gasteiger partial charge in [-0.15, -0.1) is 0 Å². The van der Waals surface area contributed by atoms with E-state index in [0.717, 1.165) is 42.5 Å². The number of carboxylic acids is 1. The predicted octanol–water partition coefficient (Wildman–Crippen LogP) is 1.59. The number of carboxylic acid groups (broad SMARTS) is 1. The van der Waals surface area contributed by atoms with Crippen LogP contribution in [-0.2, 0) is 17.6 Å². The second-order valence-electron chi connectivity index (χ2n) is 7.26. The molecular weight excluding hydrogens is 346 g/mol. The molecule has 2 aromatic rings. The number of aromatic amines is 1. The molecule has 2 atom stereocenters. The van der Waals surface area contributed by atoms with Gasteiger partial charge in [-0.25, -0.2) is 0 Å². The van der Waals surface area contributed by atoms with Gasteiger partial charge in [0, 0.05) is 37.1 Å². The Morgan fingerprint density at radius 1 is 1.15 bits per heavy atom. The van der Waals surface area contributed by atoms with Gasteiger partial charge in [-0.3, -0.25) is 19.4 Å². The van der Waals surface area contributed by atoms with Crippen LogP contribution in [0.25, 0.3) is 0 Å². The lowest BCUT2D eigenvalue weighted by Crippen LogP contribution is -2.34. The first kappa shape index (κ1) is 17.5. The number of aryl methyl sites for hydroxylation is 2. The number of carbonyl (C=O) groups excluding carboxylic acids is 1. The summed E-state index contributed by atoms with van der Waals surface area (Å²) in [5.74, 6) is -2.35. The van der Waals surface area contributed by atoms with Crippen LogP contribution in [0.5, 0.6) is 0 Å². The molecule has 0 unspecified atom stereocenters. The van der Waals surface area contributed by atoms with E-state index in [9.17, 15) is 19.5 Å². The van der Waals surface area contributed by atoms with Crippen LogP contribution < -0.4 is 5.56 Å². The number of hydrogen-bond donors (Lipinski definition) is 2. The molecular formula is C20H21N3O4. The minimum atomic E-state index is -0.938. The average molecular weight is 367 g/mol. The molecule has 1 aliphatic heterocycles. The summed E-state index contributed by atoms with van der Waals surface area (Å²) in [5, 5.41) is 9.61. The third-order valence-electron chi connectivity index (χ3n) is 5.63. The van der Waals surface area contributed by atoms with Gasteiger partial charge in [-0.2, -0.15) is 0 Å². The van der Waals surface area contributed by atoms with Crippen molar-refractivity contribution in [2.75, 3.05) is 13.1 Å². The summed E-state index contributed by atoms with van der Waals surface area (Å²) >= 11 is 0. The van der Waals surface area contributed by atoms with Gasteiger partial charge >= 0.3 is 5.97 Å². The highest BCUT2D eigenvalue weighted by Crippen LogP contribution is 2.33. The van der Waals surface area contributed by atoms with Crippen LogP contribution in [0.1, 0.15) is 45.9 Å². The first-order chi connectivity index (χ1) is 13.0. The highest BCUT2D eigenvalue weighted by atomic mass is 16.4. The Bertz CT molecular complexity index is 938. The zero-order valence-corrected chi connectivity index (χ0v) is 14.9. The topological polar surface area (TPSA) is 103 Å². The van der Waals surface area contributed by atoms with Crippen molar-refractivity contribution in [3.63, 3.8) is 0 Å². The van der Waals surface area contributed by atoms with E-state index in [1.807, 2.05) is 0 Å². The normalized spacial score (nSPS) is 21.7. The van der Waals surface area contributed by atoms with Crippen molar-refractivity contribution < 1.29 is 14.7 Å². The molecule has 7 heteroatoms. The number of aromatic nitrogens is 2. The molecule has 0 spiro atoms. The SMILES string of the molecule is O=C(O)[C@@H]1CN(C(=O)c2cc3c([nH]c2=O)CCCC3)C[C@H]1c1ccncc1. The highest BCUT2D eigenvalue weighted by molar-refractivity contribution is 5.95. The number of H-pyrrole nitrogens is 1. The fourth-order valence-corrected chi connectivity index (χ4v) is 4.17. The molecule has 27 heavy (non-hydrogen) atoms. The molecule has 0 bridgehead atoms. The van der Waals surface area contributed by atoms with Crippen molar-refractivity contribution in [1.29, 1.82) is 0 Å². The van der Waals surface area contributed by atoms with Crippen molar-refractivity contribution >= 4 is 11.9 Å². The fourth-order valence-electron chi connectivity index (χ4n) is 4.17. The first-order valence-electron chi connectivity index (χ1n) is 9.21. The summed E-state index contributed by atoms with van der Waals surface area (Å²) in [7, 11) is 0. The van der Waals surface area contributed by atoms with E-state index in [-0.39, 0.29) is 30.1 Å². The summed E-state index contributed by atoms with van der Waals surface area (Å²) in [6.45, 7) is 0.369. The van der Waals surface area contributed by atoms with E-state index in [1.54, 1.807) is 30.6 Å². The van der Waals surface area contributed by atoms with Crippen molar-refractivity contribution in [1.82, 2.24) is 14.9 Å². The maximum Gasteiger partial charge on any atom is 0.308 e. The number of nitrogens with zero attached hydrogens (tertiary/aromatic N) is 2. The zero-order valence-electron chi connectivity index (χ0n) is 14.9. The second-order valence-corrected chi connectivity index (χ2v) is 7.26. The average Bonchev–Trinajstić information content (AvgIpc) is 3.13. The van der Waals surface area contributed by atoms with E-state index in [4.69, 9.17) is 0 Å². The Labute approximate surface area is 156 Å². The van der Waals surface area contributed by atoms with Gasteiger partial charge in [0.25, 0.3) is 11.5 Å². The van der Waals surface area contributed by atoms with Crippen molar-refractivity contribution in [2.24, 2.45) is 5.92 Å². The summed E-state index contributed by atoms with van der Waals surface area (Å²) in [4.78, 5) is 45.5. The van der Waals surface area contributed by atoms with Crippen LogP contribution >= 0.6 is 0 Å². The third kappa shape index (κ3) is 3.25. The number of pyridine rings is 2. The predicted molar refractivity (Wildman–Crippen MR) is 97.7 cm³/mol. The second kappa shape index (κ2) is 6.98. The van der Waals surface area contributed by atoms with Gasteiger partial charge in [0.15, 0.2) is 0 Å². The number of nitrogens with one attached hydrogen (secondary N) is 1.